The average Bonchev–Trinajstić information content (AvgIpc) is 2.61. The van der Waals surface area contributed by atoms with E-state index in [0.29, 0.717) is 24.6 Å². The Morgan fingerprint density at radius 3 is 2.22 bits per heavy atom. The van der Waals surface area contributed by atoms with Crippen LogP contribution in [0.5, 0.6) is 5.75 Å². The summed E-state index contributed by atoms with van der Waals surface area (Å²) in [7, 11) is 0. The lowest BCUT2D eigenvalue weighted by Crippen LogP contribution is -2.18. The van der Waals surface area contributed by atoms with Crippen LogP contribution in [0.1, 0.15) is 5.56 Å². The van der Waals surface area contributed by atoms with Crippen molar-refractivity contribution < 1.29 is 14.3 Å². The summed E-state index contributed by atoms with van der Waals surface area (Å²) in [5.41, 5.74) is 7.90. The van der Waals surface area contributed by atoms with E-state index in [1.165, 1.54) is 11.8 Å². The summed E-state index contributed by atoms with van der Waals surface area (Å²) in [5, 5.41) is 5.60. The second-order valence-electron chi connectivity index (χ2n) is 5.62. The number of anilines is 2. The van der Waals surface area contributed by atoms with Crippen molar-refractivity contribution in [1.29, 1.82) is 0 Å². The molecule has 4 N–H and O–H groups in total. The zero-order valence-corrected chi connectivity index (χ0v) is 16.7. The molecule has 0 atom stereocenters. The van der Waals surface area contributed by atoms with E-state index in [2.05, 4.69) is 10.6 Å². The zero-order chi connectivity index (χ0) is 18.8. The van der Waals surface area contributed by atoms with E-state index in [0.717, 1.165) is 11.3 Å². The molecule has 0 aliphatic heterocycles. The molecule has 0 aromatic heterocycles. The van der Waals surface area contributed by atoms with Crippen molar-refractivity contribution in [1.82, 2.24) is 0 Å². The van der Waals surface area contributed by atoms with Crippen molar-refractivity contribution >= 4 is 47.4 Å². The molecule has 0 aliphatic rings. The Balaban J connectivity index is 0.00000364. The molecular formula is C19H24ClN3O3S. The maximum Gasteiger partial charge on any atom is 0.234 e. The number of ether oxygens (including phenoxy) is 1. The molecule has 2 aromatic carbocycles. The van der Waals surface area contributed by atoms with Crippen molar-refractivity contribution in [3.8, 4) is 5.75 Å². The van der Waals surface area contributed by atoms with Crippen LogP contribution in [0.3, 0.4) is 0 Å². The fraction of sp³-hybridized carbons (Fsp3) is 0.263. The van der Waals surface area contributed by atoms with Gasteiger partial charge in [0.2, 0.25) is 11.8 Å². The van der Waals surface area contributed by atoms with Gasteiger partial charge in [-0.2, -0.15) is 0 Å². The molecule has 0 spiro atoms. The Morgan fingerprint density at radius 2 is 1.63 bits per heavy atom. The van der Waals surface area contributed by atoms with Gasteiger partial charge in [0.15, 0.2) is 0 Å². The number of amides is 2. The molecule has 27 heavy (non-hydrogen) atoms. The van der Waals surface area contributed by atoms with Crippen LogP contribution in [0.2, 0.25) is 0 Å². The predicted octanol–water partition coefficient (Wildman–Crippen LogP) is 3.06. The van der Waals surface area contributed by atoms with Crippen molar-refractivity contribution in [3.63, 3.8) is 0 Å². The molecule has 146 valence electrons. The minimum atomic E-state index is -0.158. The van der Waals surface area contributed by atoms with Gasteiger partial charge < -0.3 is 21.1 Å². The van der Waals surface area contributed by atoms with Gasteiger partial charge in [0, 0.05) is 17.9 Å². The quantitative estimate of drug-likeness (QED) is 0.591. The molecule has 0 heterocycles. The highest BCUT2D eigenvalue weighted by atomic mass is 35.5. The lowest BCUT2D eigenvalue weighted by atomic mass is 10.2. The molecule has 0 unspecified atom stereocenters. The third kappa shape index (κ3) is 8.81. The summed E-state index contributed by atoms with van der Waals surface area (Å²) in [6.07, 6.45) is 0. The Labute approximate surface area is 169 Å². The second-order valence-corrected chi connectivity index (χ2v) is 6.61. The van der Waals surface area contributed by atoms with E-state index in [9.17, 15) is 9.59 Å². The number of nitrogens with two attached hydrogens (primary N) is 1. The highest BCUT2D eigenvalue weighted by molar-refractivity contribution is 8.00. The monoisotopic (exact) mass is 409 g/mol. The van der Waals surface area contributed by atoms with Gasteiger partial charge >= 0.3 is 0 Å². The number of carbonyl (C=O) groups excluding carboxylic acids is 2. The number of rotatable bonds is 9. The topological polar surface area (TPSA) is 93.5 Å². The van der Waals surface area contributed by atoms with Gasteiger partial charge in [-0.1, -0.05) is 12.1 Å². The van der Waals surface area contributed by atoms with Crippen molar-refractivity contribution in [3.05, 3.63) is 54.1 Å². The van der Waals surface area contributed by atoms with Crippen molar-refractivity contribution in [2.45, 2.75) is 6.92 Å². The van der Waals surface area contributed by atoms with Crippen LogP contribution >= 0.6 is 24.2 Å². The molecule has 2 aromatic rings. The first-order valence-corrected chi connectivity index (χ1v) is 9.39. The smallest absolute Gasteiger partial charge is 0.234 e. The first kappa shape index (κ1) is 22.8. The molecule has 0 fully saturated rings. The van der Waals surface area contributed by atoms with E-state index in [4.69, 9.17) is 10.5 Å². The highest BCUT2D eigenvalue weighted by Gasteiger charge is 2.07. The molecule has 2 amide bonds. The van der Waals surface area contributed by atoms with Gasteiger partial charge in [0.05, 0.1) is 11.5 Å². The number of carbonyl (C=O) groups is 2. The molecule has 8 heteroatoms. The molecule has 6 nitrogen and oxygen atoms in total. The summed E-state index contributed by atoms with van der Waals surface area (Å²) >= 11 is 1.26. The number of aryl methyl sites for hydroxylation is 1. The Hall–Kier alpha value is -2.22. The van der Waals surface area contributed by atoms with Crippen LogP contribution in [-0.4, -0.2) is 36.5 Å². The van der Waals surface area contributed by atoms with Gasteiger partial charge in [0.1, 0.15) is 12.4 Å². The largest absolute Gasteiger partial charge is 0.492 e. The maximum absolute atomic E-state index is 11.9. The number of thioether (sulfide) groups is 1. The van der Waals surface area contributed by atoms with E-state index >= 15 is 0 Å². The normalized spacial score (nSPS) is 9.85. The highest BCUT2D eigenvalue weighted by Crippen LogP contribution is 2.16. The molecule has 2 rings (SSSR count). The van der Waals surface area contributed by atoms with Gasteiger partial charge in [-0.05, 0) is 48.9 Å². The van der Waals surface area contributed by atoms with Crippen LogP contribution < -0.4 is 21.1 Å². The van der Waals surface area contributed by atoms with E-state index in [1.54, 1.807) is 24.3 Å². The fourth-order valence-electron chi connectivity index (χ4n) is 2.16. The first-order valence-electron chi connectivity index (χ1n) is 8.24. The molecular weight excluding hydrogens is 386 g/mol. The molecule has 0 saturated carbocycles. The van der Waals surface area contributed by atoms with Gasteiger partial charge in [-0.25, -0.2) is 0 Å². The molecule has 0 radical (unpaired) electrons. The van der Waals surface area contributed by atoms with Gasteiger partial charge in [0.25, 0.3) is 0 Å². The molecule has 0 bridgehead atoms. The van der Waals surface area contributed by atoms with Crippen molar-refractivity contribution in [2.75, 3.05) is 35.3 Å². The number of nitrogens with one attached hydrogen (secondary N) is 2. The zero-order valence-electron chi connectivity index (χ0n) is 15.1. The van der Waals surface area contributed by atoms with Crippen LogP contribution in [0.15, 0.2) is 48.5 Å². The maximum atomic E-state index is 11.9. The molecule has 0 aliphatic carbocycles. The standard InChI is InChI=1S/C19H23N3O3S.ClH/c1-14-3-2-4-16(11-14)22-19(24)13-26-12-18(23)21-15-5-7-17(8-6-15)25-10-9-20;/h2-8,11H,9-10,12-13,20H2,1H3,(H,21,23)(H,22,24);1H. The lowest BCUT2D eigenvalue weighted by Gasteiger charge is -2.08. The summed E-state index contributed by atoms with van der Waals surface area (Å²) in [6.45, 7) is 2.87. The summed E-state index contributed by atoms with van der Waals surface area (Å²) in [5.74, 6) is 0.833. The average molecular weight is 410 g/mol. The molecule has 0 saturated heterocycles. The Bertz CT molecular complexity index is 741. The van der Waals surface area contributed by atoms with Crippen LogP contribution in [0, 0.1) is 6.92 Å². The SMILES string of the molecule is Cc1cccc(NC(=O)CSCC(=O)Nc2ccc(OCCN)cc2)c1.Cl. The minimum absolute atomic E-state index is 0. The Morgan fingerprint density at radius 1 is 1.00 bits per heavy atom. The van der Waals surface area contributed by atoms with Crippen molar-refractivity contribution in [2.24, 2.45) is 5.73 Å². The third-order valence-electron chi connectivity index (χ3n) is 3.29. The van der Waals surface area contributed by atoms with Crippen LogP contribution in [0.4, 0.5) is 11.4 Å². The van der Waals surface area contributed by atoms with Crippen LogP contribution in [0.25, 0.3) is 0 Å². The Kier molecular flexibility index (Phi) is 10.3. The van der Waals surface area contributed by atoms with Crippen LogP contribution in [-0.2, 0) is 9.59 Å². The van der Waals surface area contributed by atoms with E-state index in [-0.39, 0.29) is 35.7 Å². The summed E-state index contributed by atoms with van der Waals surface area (Å²) in [6, 6.07) is 14.7. The minimum Gasteiger partial charge on any atom is -0.492 e. The van der Waals surface area contributed by atoms with E-state index in [1.807, 2.05) is 31.2 Å². The summed E-state index contributed by atoms with van der Waals surface area (Å²) in [4.78, 5) is 23.8. The summed E-state index contributed by atoms with van der Waals surface area (Å²) < 4.78 is 5.38. The van der Waals surface area contributed by atoms with Gasteiger partial charge in [-0.15, -0.1) is 24.2 Å². The third-order valence-corrected chi connectivity index (χ3v) is 4.23. The first-order chi connectivity index (χ1) is 12.6. The second kappa shape index (κ2) is 12.2. The fourth-order valence-corrected chi connectivity index (χ4v) is 2.78. The predicted molar refractivity (Wildman–Crippen MR) is 114 cm³/mol. The number of benzene rings is 2. The lowest BCUT2D eigenvalue weighted by molar-refractivity contribution is -0.114. The number of hydrogen-bond acceptors (Lipinski definition) is 5. The van der Waals surface area contributed by atoms with Gasteiger partial charge in [-0.3, -0.25) is 9.59 Å². The number of hydrogen-bond donors (Lipinski definition) is 3. The van der Waals surface area contributed by atoms with E-state index < -0.39 is 0 Å². The number of halogens is 1.